The van der Waals surface area contributed by atoms with Gasteiger partial charge in [0.2, 0.25) is 5.91 Å². The second-order valence-corrected chi connectivity index (χ2v) is 6.14. The molecule has 128 valence electrons. The van der Waals surface area contributed by atoms with Crippen LogP contribution in [0.15, 0.2) is 60.7 Å². The Morgan fingerprint density at radius 3 is 1.83 bits per heavy atom. The van der Waals surface area contributed by atoms with Gasteiger partial charge in [0, 0.05) is 19.0 Å². The molecule has 0 aromatic heterocycles. The summed E-state index contributed by atoms with van der Waals surface area (Å²) in [5.74, 6) is -0.366. The number of hydrogen-bond donors (Lipinski definition) is 2. The number of carbonyl (C=O) groups excluding carboxylic acids is 1. The van der Waals surface area contributed by atoms with E-state index in [-0.39, 0.29) is 24.9 Å². The van der Waals surface area contributed by atoms with E-state index in [1.165, 1.54) is 0 Å². The summed E-state index contributed by atoms with van der Waals surface area (Å²) in [7, 11) is 0. The minimum atomic E-state index is -0.862. The van der Waals surface area contributed by atoms with Crippen LogP contribution in [0.2, 0.25) is 0 Å². The van der Waals surface area contributed by atoms with Crippen molar-refractivity contribution < 1.29 is 15.0 Å². The Kier molecular flexibility index (Phi) is 6.97. The Morgan fingerprint density at radius 2 is 1.42 bits per heavy atom. The molecular formula is C20H25NO3. The van der Waals surface area contributed by atoms with Crippen LogP contribution in [0, 0.1) is 5.92 Å². The number of rotatable bonds is 8. The van der Waals surface area contributed by atoms with Crippen LogP contribution in [0.1, 0.15) is 24.5 Å². The van der Waals surface area contributed by atoms with Crippen LogP contribution >= 0.6 is 0 Å². The summed E-state index contributed by atoms with van der Waals surface area (Å²) in [4.78, 5) is 14.6. The molecule has 0 spiro atoms. The van der Waals surface area contributed by atoms with Gasteiger partial charge in [0.1, 0.15) is 0 Å². The highest BCUT2D eigenvalue weighted by Gasteiger charge is 2.23. The maximum atomic E-state index is 12.8. The molecule has 0 aliphatic carbocycles. The molecule has 2 atom stereocenters. The van der Waals surface area contributed by atoms with Crippen molar-refractivity contribution in [2.24, 2.45) is 5.92 Å². The molecule has 2 aromatic rings. The van der Waals surface area contributed by atoms with Gasteiger partial charge in [-0.2, -0.15) is 0 Å². The van der Waals surface area contributed by atoms with Crippen LogP contribution in [0.3, 0.4) is 0 Å². The van der Waals surface area contributed by atoms with E-state index < -0.39 is 6.10 Å². The number of hydrogen-bond acceptors (Lipinski definition) is 3. The Hall–Kier alpha value is -2.17. The molecule has 0 heterocycles. The smallest absolute Gasteiger partial charge is 0.226 e. The van der Waals surface area contributed by atoms with E-state index in [0.717, 1.165) is 11.1 Å². The molecule has 2 N–H and O–H groups in total. The Balaban J connectivity index is 2.13. The fraction of sp³-hybridized carbons (Fsp3) is 0.350. The van der Waals surface area contributed by atoms with Gasteiger partial charge in [-0.25, -0.2) is 0 Å². The average Bonchev–Trinajstić information content (AvgIpc) is 2.62. The van der Waals surface area contributed by atoms with Crippen molar-refractivity contribution in [3.63, 3.8) is 0 Å². The maximum Gasteiger partial charge on any atom is 0.226 e. The molecule has 0 aliphatic rings. The zero-order chi connectivity index (χ0) is 17.4. The van der Waals surface area contributed by atoms with Gasteiger partial charge in [-0.05, 0) is 17.5 Å². The molecule has 0 unspecified atom stereocenters. The summed E-state index contributed by atoms with van der Waals surface area (Å²) < 4.78 is 0. The number of benzene rings is 2. The van der Waals surface area contributed by atoms with Crippen LogP contribution in [0.5, 0.6) is 0 Å². The quantitative estimate of drug-likeness (QED) is 0.783. The van der Waals surface area contributed by atoms with Crippen molar-refractivity contribution in [2.45, 2.75) is 32.5 Å². The molecule has 0 radical (unpaired) electrons. The average molecular weight is 327 g/mol. The van der Waals surface area contributed by atoms with Crippen LogP contribution in [-0.2, 0) is 17.9 Å². The van der Waals surface area contributed by atoms with E-state index in [1.54, 1.807) is 11.8 Å². The summed E-state index contributed by atoms with van der Waals surface area (Å²) in [6.45, 7) is 2.52. The number of nitrogens with zero attached hydrogens (tertiary/aromatic N) is 1. The maximum absolute atomic E-state index is 12.8. The van der Waals surface area contributed by atoms with Gasteiger partial charge in [-0.3, -0.25) is 4.79 Å². The van der Waals surface area contributed by atoms with Gasteiger partial charge in [-0.1, -0.05) is 67.6 Å². The number of aliphatic hydroxyl groups excluding tert-OH is 2. The zero-order valence-corrected chi connectivity index (χ0v) is 14.0. The Bertz CT molecular complexity index is 574. The fourth-order valence-electron chi connectivity index (χ4n) is 2.71. The lowest BCUT2D eigenvalue weighted by molar-refractivity contribution is -0.137. The molecular weight excluding hydrogens is 302 g/mol. The third kappa shape index (κ3) is 5.48. The van der Waals surface area contributed by atoms with Gasteiger partial charge in [-0.15, -0.1) is 0 Å². The van der Waals surface area contributed by atoms with Crippen molar-refractivity contribution in [1.29, 1.82) is 0 Å². The number of carbonyl (C=O) groups is 1. The zero-order valence-electron chi connectivity index (χ0n) is 14.0. The lowest BCUT2D eigenvalue weighted by Gasteiger charge is -2.27. The van der Waals surface area contributed by atoms with E-state index in [1.807, 2.05) is 60.7 Å². The predicted molar refractivity (Wildman–Crippen MR) is 94.0 cm³/mol. The summed E-state index contributed by atoms with van der Waals surface area (Å²) in [6.07, 6.45) is -0.602. The normalized spacial score (nSPS) is 13.3. The first-order chi connectivity index (χ1) is 11.6. The Morgan fingerprint density at radius 1 is 0.958 bits per heavy atom. The van der Waals surface area contributed by atoms with E-state index in [4.69, 9.17) is 5.11 Å². The topological polar surface area (TPSA) is 60.8 Å². The first-order valence-electron chi connectivity index (χ1n) is 8.25. The summed E-state index contributed by atoms with van der Waals surface area (Å²) in [6, 6.07) is 19.7. The Labute approximate surface area is 143 Å². The number of aliphatic hydroxyl groups is 2. The van der Waals surface area contributed by atoms with Crippen LogP contribution in [0.25, 0.3) is 0 Å². The highest BCUT2D eigenvalue weighted by molar-refractivity contribution is 5.78. The summed E-state index contributed by atoms with van der Waals surface area (Å²) in [5, 5.41) is 18.6. The van der Waals surface area contributed by atoms with E-state index in [0.29, 0.717) is 13.1 Å². The highest BCUT2D eigenvalue weighted by Crippen LogP contribution is 2.16. The fourth-order valence-corrected chi connectivity index (χ4v) is 2.71. The molecule has 4 heteroatoms. The molecule has 0 fully saturated rings. The van der Waals surface area contributed by atoms with Gasteiger partial charge >= 0.3 is 0 Å². The van der Waals surface area contributed by atoms with Crippen LogP contribution < -0.4 is 0 Å². The minimum Gasteiger partial charge on any atom is -0.394 e. The third-order valence-electron chi connectivity index (χ3n) is 4.00. The first kappa shape index (κ1) is 18.2. The van der Waals surface area contributed by atoms with Crippen molar-refractivity contribution >= 4 is 5.91 Å². The molecule has 2 rings (SSSR count). The minimum absolute atomic E-state index is 0.0183. The highest BCUT2D eigenvalue weighted by atomic mass is 16.3. The second kappa shape index (κ2) is 9.21. The molecule has 4 nitrogen and oxygen atoms in total. The summed E-state index contributed by atoms with van der Waals surface area (Å²) >= 11 is 0. The number of amides is 1. The van der Waals surface area contributed by atoms with E-state index in [2.05, 4.69) is 0 Å². The van der Waals surface area contributed by atoms with E-state index >= 15 is 0 Å². The lowest BCUT2D eigenvalue weighted by Crippen LogP contribution is -2.36. The monoisotopic (exact) mass is 327 g/mol. The predicted octanol–water partition coefficient (Wildman–Crippen LogP) is 2.59. The molecule has 0 aliphatic heterocycles. The summed E-state index contributed by atoms with van der Waals surface area (Å²) in [5.41, 5.74) is 2.13. The SMILES string of the molecule is C[C@H](C[C@H](O)CO)C(=O)N(Cc1ccccc1)Cc1ccccc1. The van der Waals surface area contributed by atoms with Gasteiger partial charge in [0.15, 0.2) is 0 Å². The van der Waals surface area contributed by atoms with Crippen molar-refractivity contribution in [3.05, 3.63) is 71.8 Å². The molecule has 0 bridgehead atoms. The molecule has 24 heavy (non-hydrogen) atoms. The molecule has 2 aromatic carbocycles. The second-order valence-electron chi connectivity index (χ2n) is 6.14. The molecule has 0 saturated heterocycles. The largest absolute Gasteiger partial charge is 0.394 e. The van der Waals surface area contributed by atoms with Crippen LogP contribution in [0.4, 0.5) is 0 Å². The van der Waals surface area contributed by atoms with Crippen molar-refractivity contribution in [2.75, 3.05) is 6.61 Å². The van der Waals surface area contributed by atoms with Crippen LogP contribution in [-0.4, -0.2) is 33.7 Å². The molecule has 1 amide bonds. The van der Waals surface area contributed by atoms with Crippen molar-refractivity contribution in [1.82, 2.24) is 4.90 Å². The standard InChI is InChI=1S/C20H25NO3/c1-16(12-19(23)15-22)20(24)21(13-17-8-4-2-5-9-17)14-18-10-6-3-7-11-18/h2-11,16,19,22-23H,12-15H2,1H3/t16-,19+/m1/s1. The first-order valence-corrected chi connectivity index (χ1v) is 8.25. The molecule has 0 saturated carbocycles. The van der Waals surface area contributed by atoms with E-state index in [9.17, 15) is 9.90 Å². The van der Waals surface area contributed by atoms with Gasteiger partial charge < -0.3 is 15.1 Å². The van der Waals surface area contributed by atoms with Crippen molar-refractivity contribution in [3.8, 4) is 0 Å². The lowest BCUT2D eigenvalue weighted by atomic mass is 10.0. The van der Waals surface area contributed by atoms with Gasteiger partial charge in [0.05, 0.1) is 12.7 Å². The van der Waals surface area contributed by atoms with Gasteiger partial charge in [0.25, 0.3) is 0 Å². The third-order valence-corrected chi connectivity index (χ3v) is 4.00.